The number of nitrogens with zero attached hydrogens (tertiary/aromatic N) is 1. The number of nitriles is 1. The van der Waals surface area contributed by atoms with Crippen LogP contribution in [0.1, 0.15) is 32.1 Å². The van der Waals surface area contributed by atoms with Crippen molar-refractivity contribution in [3.8, 4) is 6.07 Å². The van der Waals surface area contributed by atoms with Crippen LogP contribution in [0.4, 0.5) is 5.69 Å². The molecule has 0 aromatic heterocycles. The number of ether oxygens (including phenoxy) is 1. The summed E-state index contributed by atoms with van der Waals surface area (Å²) in [6.07, 6.45) is 6.20. The van der Waals surface area contributed by atoms with Crippen molar-refractivity contribution in [2.45, 2.75) is 43.0 Å². The summed E-state index contributed by atoms with van der Waals surface area (Å²) in [4.78, 5) is 11.5. The van der Waals surface area contributed by atoms with Crippen LogP contribution >= 0.6 is 0 Å². The molecule has 0 unspecified atom stereocenters. The highest BCUT2D eigenvalue weighted by molar-refractivity contribution is 7.89. The zero-order chi connectivity index (χ0) is 18.3. The van der Waals surface area contributed by atoms with Gasteiger partial charge in [-0.3, -0.25) is 0 Å². The number of methoxy groups -OCH3 is 1. The van der Waals surface area contributed by atoms with Crippen molar-refractivity contribution in [3.63, 3.8) is 0 Å². The Bertz CT molecular complexity index is 773. The summed E-state index contributed by atoms with van der Waals surface area (Å²) in [6, 6.07) is 7.81. The third-order valence-electron chi connectivity index (χ3n) is 4.00. The predicted molar refractivity (Wildman–Crippen MR) is 93.0 cm³/mol. The number of nitrogens with one attached hydrogen (secondary N) is 2. The molecule has 0 heterocycles. The number of hydrogen-bond donors (Lipinski definition) is 2. The molecule has 1 aliphatic carbocycles. The predicted octanol–water partition coefficient (Wildman–Crippen LogP) is 2.29. The van der Waals surface area contributed by atoms with E-state index in [4.69, 9.17) is 5.26 Å². The van der Waals surface area contributed by atoms with Gasteiger partial charge >= 0.3 is 5.97 Å². The van der Waals surface area contributed by atoms with Crippen LogP contribution in [-0.2, 0) is 19.6 Å². The highest BCUT2D eigenvalue weighted by Gasteiger charge is 2.21. The first-order valence-electron chi connectivity index (χ1n) is 8.04. The minimum absolute atomic E-state index is 0.00210. The van der Waals surface area contributed by atoms with Gasteiger partial charge in [0.15, 0.2) is 5.57 Å². The largest absolute Gasteiger partial charge is 0.465 e. The molecule has 0 amide bonds. The molecule has 0 atom stereocenters. The number of rotatable bonds is 6. The molecule has 2 N–H and O–H groups in total. The normalized spacial score (nSPS) is 16.1. The number of benzene rings is 1. The molecule has 0 aliphatic heterocycles. The smallest absolute Gasteiger partial charge is 0.350 e. The number of carbonyl (C=O) groups is 1. The molecule has 0 radical (unpaired) electrons. The molecule has 1 aromatic carbocycles. The molecule has 8 heteroatoms. The summed E-state index contributed by atoms with van der Waals surface area (Å²) >= 11 is 0. The first-order chi connectivity index (χ1) is 12.0. The third kappa shape index (κ3) is 5.31. The van der Waals surface area contributed by atoms with Crippen LogP contribution in [0, 0.1) is 11.3 Å². The zero-order valence-electron chi connectivity index (χ0n) is 14.0. The maximum Gasteiger partial charge on any atom is 0.350 e. The zero-order valence-corrected chi connectivity index (χ0v) is 14.8. The molecule has 1 saturated carbocycles. The molecule has 1 fully saturated rings. The molecule has 0 saturated heterocycles. The molecule has 2 rings (SSSR count). The fraction of sp³-hybridized carbons (Fsp3) is 0.412. The Balaban J connectivity index is 2.04. The van der Waals surface area contributed by atoms with Crippen molar-refractivity contribution >= 4 is 21.7 Å². The summed E-state index contributed by atoms with van der Waals surface area (Å²) in [7, 11) is -2.36. The number of carbonyl (C=O) groups excluding carboxylic acids is 1. The fourth-order valence-corrected chi connectivity index (χ4v) is 3.95. The number of anilines is 1. The van der Waals surface area contributed by atoms with E-state index in [1.165, 1.54) is 25.4 Å². The van der Waals surface area contributed by atoms with Gasteiger partial charge in [-0.1, -0.05) is 19.3 Å². The Hall–Kier alpha value is -2.37. The van der Waals surface area contributed by atoms with E-state index in [0.29, 0.717) is 5.69 Å². The Labute approximate surface area is 147 Å². The van der Waals surface area contributed by atoms with E-state index in [2.05, 4.69) is 14.8 Å². The van der Waals surface area contributed by atoms with Crippen LogP contribution in [0.5, 0.6) is 0 Å². The first-order valence-corrected chi connectivity index (χ1v) is 9.52. The Kier molecular flexibility index (Phi) is 6.56. The lowest BCUT2D eigenvalue weighted by molar-refractivity contribution is -0.135. The van der Waals surface area contributed by atoms with Gasteiger partial charge in [0.1, 0.15) is 6.07 Å². The maximum absolute atomic E-state index is 12.4. The van der Waals surface area contributed by atoms with Gasteiger partial charge in [-0.15, -0.1) is 0 Å². The molecular weight excluding hydrogens is 342 g/mol. The minimum atomic E-state index is -3.55. The van der Waals surface area contributed by atoms with Crippen molar-refractivity contribution < 1.29 is 17.9 Å². The number of hydrogen-bond acceptors (Lipinski definition) is 6. The quantitative estimate of drug-likeness (QED) is 0.456. The first kappa shape index (κ1) is 19.0. The molecule has 0 spiro atoms. The van der Waals surface area contributed by atoms with Crippen LogP contribution in [-0.4, -0.2) is 27.5 Å². The van der Waals surface area contributed by atoms with Crippen LogP contribution in [0.25, 0.3) is 0 Å². The summed E-state index contributed by atoms with van der Waals surface area (Å²) < 4.78 is 32.0. The van der Waals surface area contributed by atoms with E-state index >= 15 is 0 Å². The van der Waals surface area contributed by atoms with Crippen molar-refractivity contribution in [1.29, 1.82) is 5.26 Å². The Morgan fingerprint density at radius 1 is 1.24 bits per heavy atom. The second-order valence-electron chi connectivity index (χ2n) is 5.79. The lowest BCUT2D eigenvalue weighted by Gasteiger charge is -2.22. The Morgan fingerprint density at radius 2 is 1.88 bits per heavy atom. The van der Waals surface area contributed by atoms with Crippen molar-refractivity contribution in [1.82, 2.24) is 4.72 Å². The molecule has 1 aliphatic rings. The van der Waals surface area contributed by atoms with Crippen LogP contribution in [0.15, 0.2) is 40.9 Å². The van der Waals surface area contributed by atoms with Crippen molar-refractivity contribution in [2.24, 2.45) is 0 Å². The second kappa shape index (κ2) is 8.65. The van der Waals surface area contributed by atoms with E-state index in [0.717, 1.165) is 32.1 Å². The molecule has 25 heavy (non-hydrogen) atoms. The SMILES string of the molecule is COC(=O)/C(C#N)=C/Nc1ccc(S(=O)(=O)NC2CCCCC2)cc1. The van der Waals surface area contributed by atoms with Gasteiger partial charge in [0.2, 0.25) is 10.0 Å². The standard InChI is InChI=1S/C17H21N3O4S/c1-24-17(21)13(11-18)12-19-14-7-9-16(10-8-14)25(22,23)20-15-5-3-2-4-6-15/h7-10,12,15,19-20H,2-6H2,1H3/b13-12+. The molecule has 1 aromatic rings. The second-order valence-corrected chi connectivity index (χ2v) is 7.50. The third-order valence-corrected chi connectivity index (χ3v) is 5.54. The van der Waals surface area contributed by atoms with Gasteiger partial charge in [0.05, 0.1) is 12.0 Å². The van der Waals surface area contributed by atoms with E-state index in [1.807, 2.05) is 0 Å². The van der Waals surface area contributed by atoms with Gasteiger partial charge in [0, 0.05) is 17.9 Å². The van der Waals surface area contributed by atoms with Crippen molar-refractivity contribution in [2.75, 3.05) is 12.4 Å². The van der Waals surface area contributed by atoms with Gasteiger partial charge in [-0.05, 0) is 37.1 Å². The molecule has 0 bridgehead atoms. The van der Waals surface area contributed by atoms with Crippen LogP contribution in [0.3, 0.4) is 0 Å². The van der Waals surface area contributed by atoms with E-state index in [1.54, 1.807) is 18.2 Å². The van der Waals surface area contributed by atoms with Crippen molar-refractivity contribution in [3.05, 3.63) is 36.0 Å². The molecule has 134 valence electrons. The highest BCUT2D eigenvalue weighted by Crippen LogP contribution is 2.20. The fourth-order valence-electron chi connectivity index (χ4n) is 2.64. The lowest BCUT2D eigenvalue weighted by Crippen LogP contribution is -2.36. The van der Waals surface area contributed by atoms with Gasteiger partial charge in [-0.2, -0.15) is 5.26 Å². The van der Waals surface area contributed by atoms with E-state index in [-0.39, 0.29) is 16.5 Å². The summed E-state index contributed by atoms with van der Waals surface area (Å²) in [6.45, 7) is 0. The summed E-state index contributed by atoms with van der Waals surface area (Å²) in [5.41, 5.74) is 0.367. The summed E-state index contributed by atoms with van der Waals surface area (Å²) in [5, 5.41) is 11.6. The van der Waals surface area contributed by atoms with Crippen LogP contribution < -0.4 is 10.0 Å². The average molecular weight is 363 g/mol. The van der Waals surface area contributed by atoms with E-state index in [9.17, 15) is 13.2 Å². The van der Waals surface area contributed by atoms with Gasteiger partial charge in [0.25, 0.3) is 0 Å². The lowest BCUT2D eigenvalue weighted by atomic mass is 9.96. The number of sulfonamides is 1. The van der Waals surface area contributed by atoms with E-state index < -0.39 is 16.0 Å². The Morgan fingerprint density at radius 3 is 2.44 bits per heavy atom. The molecular formula is C17H21N3O4S. The molecule has 7 nitrogen and oxygen atoms in total. The highest BCUT2D eigenvalue weighted by atomic mass is 32.2. The minimum Gasteiger partial charge on any atom is -0.465 e. The van der Waals surface area contributed by atoms with Gasteiger partial charge < -0.3 is 10.1 Å². The van der Waals surface area contributed by atoms with Crippen LogP contribution in [0.2, 0.25) is 0 Å². The maximum atomic E-state index is 12.4. The number of esters is 1. The topological polar surface area (TPSA) is 108 Å². The van der Waals surface area contributed by atoms with Gasteiger partial charge in [-0.25, -0.2) is 17.9 Å². The average Bonchev–Trinajstić information content (AvgIpc) is 2.62. The summed E-state index contributed by atoms with van der Waals surface area (Å²) in [5.74, 6) is -0.745. The monoisotopic (exact) mass is 363 g/mol.